The van der Waals surface area contributed by atoms with Gasteiger partial charge in [0.2, 0.25) is 0 Å². The molecule has 20 heavy (non-hydrogen) atoms. The molecule has 0 radical (unpaired) electrons. The van der Waals surface area contributed by atoms with Crippen LogP contribution in [0.1, 0.15) is 30.9 Å². The van der Waals surface area contributed by atoms with Crippen molar-refractivity contribution in [3.8, 4) is 0 Å². The minimum atomic E-state index is 0.928. The molecule has 1 saturated heterocycles. The number of hydrogen-bond donors (Lipinski definition) is 2. The van der Waals surface area contributed by atoms with Crippen molar-refractivity contribution >= 4 is 5.69 Å². The van der Waals surface area contributed by atoms with E-state index in [0.29, 0.717) is 0 Å². The Morgan fingerprint density at radius 1 is 1.30 bits per heavy atom. The number of benzene rings is 1. The lowest BCUT2D eigenvalue weighted by Crippen LogP contribution is -2.37. The van der Waals surface area contributed by atoms with Crippen LogP contribution >= 0.6 is 0 Å². The van der Waals surface area contributed by atoms with Gasteiger partial charge in [-0.1, -0.05) is 25.1 Å². The summed E-state index contributed by atoms with van der Waals surface area (Å²) in [6, 6.07) is 6.68. The molecule has 0 saturated carbocycles. The molecule has 3 nitrogen and oxygen atoms in total. The van der Waals surface area contributed by atoms with Gasteiger partial charge in [-0.15, -0.1) is 0 Å². The van der Waals surface area contributed by atoms with E-state index in [1.54, 1.807) is 0 Å². The topological polar surface area (TPSA) is 27.3 Å². The molecule has 0 spiro atoms. The Morgan fingerprint density at radius 3 is 3.00 bits per heavy atom. The lowest BCUT2D eigenvalue weighted by atomic mass is 9.99. The van der Waals surface area contributed by atoms with Gasteiger partial charge in [0.15, 0.2) is 0 Å². The fraction of sp³-hybridized carbons (Fsp3) is 0.647. The van der Waals surface area contributed by atoms with E-state index in [1.165, 1.54) is 55.7 Å². The molecule has 1 fully saturated rings. The molecule has 0 bridgehead atoms. The van der Waals surface area contributed by atoms with Gasteiger partial charge in [0.25, 0.3) is 0 Å². The van der Waals surface area contributed by atoms with E-state index in [1.807, 2.05) is 0 Å². The quantitative estimate of drug-likeness (QED) is 0.807. The monoisotopic (exact) mass is 273 g/mol. The minimum absolute atomic E-state index is 0.928. The van der Waals surface area contributed by atoms with Gasteiger partial charge in [0.05, 0.1) is 0 Å². The number of piperidine rings is 1. The van der Waals surface area contributed by atoms with E-state index in [2.05, 4.69) is 40.7 Å². The number of nitrogens with zero attached hydrogens (tertiary/aromatic N) is 1. The van der Waals surface area contributed by atoms with Crippen molar-refractivity contribution in [3.63, 3.8) is 0 Å². The van der Waals surface area contributed by atoms with Crippen LogP contribution in [-0.4, -0.2) is 37.6 Å². The molecule has 3 heteroatoms. The van der Waals surface area contributed by atoms with Crippen LogP contribution in [0.15, 0.2) is 18.2 Å². The van der Waals surface area contributed by atoms with Gasteiger partial charge >= 0.3 is 0 Å². The smallest absolute Gasteiger partial charge is 0.0419 e. The predicted molar refractivity (Wildman–Crippen MR) is 85.2 cm³/mol. The van der Waals surface area contributed by atoms with Gasteiger partial charge in [0.1, 0.15) is 0 Å². The Bertz CT molecular complexity index is 436. The molecule has 3 rings (SSSR count). The van der Waals surface area contributed by atoms with Crippen LogP contribution in [0.3, 0.4) is 0 Å². The molecule has 2 N–H and O–H groups in total. The Labute approximate surface area is 122 Å². The SMILES string of the molecule is CC1CCN(CCNCc2cccc3c2NCC3)CC1. The summed E-state index contributed by atoms with van der Waals surface area (Å²) in [6.07, 6.45) is 3.92. The summed E-state index contributed by atoms with van der Waals surface area (Å²) >= 11 is 0. The maximum atomic E-state index is 3.61. The fourth-order valence-corrected chi connectivity index (χ4v) is 3.30. The second kappa shape index (κ2) is 6.59. The molecule has 2 aliphatic heterocycles. The average molecular weight is 273 g/mol. The van der Waals surface area contributed by atoms with Crippen molar-refractivity contribution in [2.75, 3.05) is 38.0 Å². The Balaban J connectivity index is 1.41. The van der Waals surface area contributed by atoms with Gasteiger partial charge in [-0.05, 0) is 49.4 Å². The third kappa shape index (κ3) is 3.33. The molecule has 0 aliphatic carbocycles. The van der Waals surface area contributed by atoms with Gasteiger partial charge in [-0.2, -0.15) is 0 Å². The number of rotatable bonds is 5. The number of fused-ring (bicyclic) bond motifs is 1. The van der Waals surface area contributed by atoms with Gasteiger partial charge in [-0.25, -0.2) is 0 Å². The zero-order valence-electron chi connectivity index (χ0n) is 12.6. The molecule has 0 aromatic heterocycles. The second-order valence-electron chi connectivity index (χ2n) is 6.33. The predicted octanol–water partition coefficient (Wildman–Crippen LogP) is 2.48. The van der Waals surface area contributed by atoms with Gasteiger partial charge < -0.3 is 15.5 Å². The van der Waals surface area contributed by atoms with Crippen LogP contribution in [0.25, 0.3) is 0 Å². The third-order valence-electron chi connectivity index (χ3n) is 4.73. The van der Waals surface area contributed by atoms with E-state index in [-0.39, 0.29) is 0 Å². The number of likely N-dealkylation sites (tertiary alicyclic amines) is 1. The first-order chi connectivity index (χ1) is 9.83. The number of nitrogens with one attached hydrogen (secondary N) is 2. The Morgan fingerprint density at radius 2 is 2.15 bits per heavy atom. The summed E-state index contributed by atoms with van der Waals surface area (Å²) in [5, 5.41) is 7.12. The van der Waals surface area contributed by atoms with E-state index in [0.717, 1.165) is 25.6 Å². The van der Waals surface area contributed by atoms with Crippen molar-refractivity contribution in [1.82, 2.24) is 10.2 Å². The molecule has 0 unspecified atom stereocenters. The van der Waals surface area contributed by atoms with Crippen molar-refractivity contribution in [3.05, 3.63) is 29.3 Å². The van der Waals surface area contributed by atoms with Crippen molar-refractivity contribution in [1.29, 1.82) is 0 Å². The summed E-state index contributed by atoms with van der Waals surface area (Å²) < 4.78 is 0. The zero-order valence-corrected chi connectivity index (χ0v) is 12.6. The lowest BCUT2D eigenvalue weighted by molar-refractivity contribution is 0.193. The second-order valence-corrected chi connectivity index (χ2v) is 6.33. The minimum Gasteiger partial charge on any atom is -0.384 e. The van der Waals surface area contributed by atoms with Crippen molar-refractivity contribution in [2.24, 2.45) is 5.92 Å². The Kier molecular flexibility index (Phi) is 4.58. The van der Waals surface area contributed by atoms with E-state index >= 15 is 0 Å². The van der Waals surface area contributed by atoms with Crippen LogP contribution < -0.4 is 10.6 Å². The molecular weight excluding hydrogens is 246 g/mol. The standard InChI is InChI=1S/C17H27N3/c1-14-6-10-20(11-7-14)12-9-18-13-16-4-2-3-15-5-8-19-17(15)16/h2-4,14,18-19H,5-13H2,1H3. The van der Waals surface area contributed by atoms with E-state index < -0.39 is 0 Å². The summed E-state index contributed by atoms with van der Waals surface area (Å²) in [5.74, 6) is 0.928. The van der Waals surface area contributed by atoms with Crippen LogP contribution in [0.4, 0.5) is 5.69 Å². The molecule has 110 valence electrons. The number of hydrogen-bond acceptors (Lipinski definition) is 3. The van der Waals surface area contributed by atoms with Crippen molar-refractivity contribution in [2.45, 2.75) is 32.7 Å². The summed E-state index contributed by atoms with van der Waals surface area (Å²) in [5.41, 5.74) is 4.29. The van der Waals surface area contributed by atoms with E-state index in [4.69, 9.17) is 0 Å². The molecule has 2 aliphatic rings. The average Bonchev–Trinajstić information content (AvgIpc) is 2.94. The molecule has 1 aromatic rings. The van der Waals surface area contributed by atoms with Crippen LogP contribution in [0.5, 0.6) is 0 Å². The highest BCUT2D eigenvalue weighted by Gasteiger charge is 2.15. The largest absolute Gasteiger partial charge is 0.384 e. The third-order valence-corrected chi connectivity index (χ3v) is 4.73. The van der Waals surface area contributed by atoms with Crippen LogP contribution in [0.2, 0.25) is 0 Å². The maximum absolute atomic E-state index is 3.61. The maximum Gasteiger partial charge on any atom is 0.0419 e. The summed E-state index contributed by atoms with van der Waals surface area (Å²) in [4.78, 5) is 2.60. The van der Waals surface area contributed by atoms with E-state index in [9.17, 15) is 0 Å². The van der Waals surface area contributed by atoms with Crippen LogP contribution in [-0.2, 0) is 13.0 Å². The molecule has 1 aromatic carbocycles. The van der Waals surface area contributed by atoms with Crippen molar-refractivity contribution < 1.29 is 0 Å². The molecule has 0 atom stereocenters. The first-order valence-corrected chi connectivity index (χ1v) is 8.10. The Hall–Kier alpha value is -1.06. The highest BCUT2D eigenvalue weighted by atomic mass is 15.1. The number of para-hydroxylation sites is 1. The fourth-order valence-electron chi connectivity index (χ4n) is 3.30. The van der Waals surface area contributed by atoms with Gasteiger partial charge in [-0.3, -0.25) is 0 Å². The van der Waals surface area contributed by atoms with Crippen LogP contribution in [0, 0.1) is 5.92 Å². The molecular formula is C17H27N3. The lowest BCUT2D eigenvalue weighted by Gasteiger charge is -2.30. The first kappa shape index (κ1) is 13.9. The first-order valence-electron chi connectivity index (χ1n) is 8.10. The highest BCUT2D eigenvalue weighted by Crippen LogP contribution is 2.26. The summed E-state index contributed by atoms with van der Waals surface area (Å²) in [6.45, 7) is 9.31. The molecule has 0 amide bonds. The normalized spacial score (nSPS) is 19.9. The van der Waals surface area contributed by atoms with Gasteiger partial charge in [0, 0.05) is 31.9 Å². The molecule has 2 heterocycles. The zero-order chi connectivity index (χ0) is 13.8. The number of anilines is 1. The summed E-state index contributed by atoms with van der Waals surface area (Å²) in [7, 11) is 0. The highest BCUT2D eigenvalue weighted by molar-refractivity contribution is 5.61.